The molecule has 5 nitrogen and oxygen atoms in total. The van der Waals surface area contributed by atoms with E-state index < -0.39 is 11.8 Å². The van der Waals surface area contributed by atoms with Gasteiger partial charge in [0.2, 0.25) is 0 Å². The Kier molecular flexibility index (Phi) is 4.42. The van der Waals surface area contributed by atoms with Gasteiger partial charge in [-0.05, 0) is 36.8 Å². The van der Waals surface area contributed by atoms with E-state index in [9.17, 15) is 9.59 Å². The summed E-state index contributed by atoms with van der Waals surface area (Å²) in [4.78, 5) is 26.4. The summed E-state index contributed by atoms with van der Waals surface area (Å²) in [5, 5.41) is 5.60. The minimum atomic E-state index is -0.720. The summed E-state index contributed by atoms with van der Waals surface area (Å²) < 4.78 is 0. The van der Waals surface area contributed by atoms with Gasteiger partial charge in [0.1, 0.15) is 0 Å². The minimum absolute atomic E-state index is 0.272. The first kappa shape index (κ1) is 14.1. The van der Waals surface area contributed by atoms with Gasteiger partial charge in [-0.2, -0.15) is 0 Å². The molecule has 0 unspecified atom stereocenters. The van der Waals surface area contributed by atoms with Crippen molar-refractivity contribution in [1.29, 1.82) is 0 Å². The number of H-pyrrole nitrogens is 1. The molecule has 6 heteroatoms. The van der Waals surface area contributed by atoms with Crippen LogP contribution in [0.15, 0.2) is 36.5 Å². The van der Waals surface area contributed by atoms with E-state index in [1.54, 1.807) is 31.3 Å². The monoisotopic (exact) mass is 291 g/mol. The van der Waals surface area contributed by atoms with Gasteiger partial charge in [-0.3, -0.25) is 9.59 Å². The molecule has 1 heterocycles. The summed E-state index contributed by atoms with van der Waals surface area (Å²) in [6.45, 7) is 2.04. The lowest BCUT2D eigenvalue weighted by Gasteiger charge is -2.09. The van der Waals surface area contributed by atoms with E-state index in [1.165, 1.54) is 0 Å². The number of carbonyl (C=O) groups is 2. The highest BCUT2D eigenvalue weighted by Crippen LogP contribution is 2.22. The van der Waals surface area contributed by atoms with E-state index in [-0.39, 0.29) is 6.54 Å². The first-order chi connectivity index (χ1) is 9.58. The maximum atomic E-state index is 11.8. The zero-order valence-corrected chi connectivity index (χ0v) is 11.6. The van der Waals surface area contributed by atoms with E-state index in [0.29, 0.717) is 10.7 Å². The molecule has 1 aromatic heterocycles. The molecule has 2 rings (SSSR count). The third kappa shape index (κ3) is 3.39. The van der Waals surface area contributed by atoms with Crippen LogP contribution in [-0.2, 0) is 16.1 Å². The number of carbonyl (C=O) groups excluding carboxylic acids is 2. The highest BCUT2D eigenvalue weighted by Gasteiger charge is 2.14. The van der Waals surface area contributed by atoms with Gasteiger partial charge in [0, 0.05) is 22.6 Å². The number of aromatic nitrogens is 1. The molecule has 0 aliphatic carbocycles. The van der Waals surface area contributed by atoms with Crippen molar-refractivity contribution < 1.29 is 9.59 Å². The predicted octanol–water partition coefficient (Wildman–Crippen LogP) is 2.23. The summed E-state index contributed by atoms with van der Waals surface area (Å²) >= 11 is 5.95. The molecule has 3 N–H and O–H groups in total. The van der Waals surface area contributed by atoms with Gasteiger partial charge in [-0.15, -0.1) is 0 Å². The van der Waals surface area contributed by atoms with Crippen molar-refractivity contribution >= 4 is 29.1 Å². The number of aromatic amines is 1. The van der Waals surface area contributed by atoms with Crippen LogP contribution in [0, 0.1) is 6.92 Å². The Morgan fingerprint density at radius 3 is 2.70 bits per heavy atom. The standard InChI is InChI=1S/C14H14ClN3O2/c1-9-11(15)5-2-6-12(9)18-14(20)13(19)17-8-10-4-3-7-16-10/h2-7,16H,8H2,1H3,(H,17,19)(H,18,20). The van der Waals surface area contributed by atoms with Crippen molar-refractivity contribution in [3.05, 3.63) is 52.8 Å². The molecule has 2 aromatic rings. The normalized spacial score (nSPS) is 10.1. The zero-order chi connectivity index (χ0) is 14.5. The van der Waals surface area contributed by atoms with Gasteiger partial charge in [0.25, 0.3) is 0 Å². The number of rotatable bonds is 3. The Morgan fingerprint density at radius 2 is 2.00 bits per heavy atom. The number of hydrogen-bond donors (Lipinski definition) is 3. The molecule has 0 saturated carbocycles. The first-order valence-electron chi connectivity index (χ1n) is 6.04. The Morgan fingerprint density at radius 1 is 1.20 bits per heavy atom. The number of amides is 2. The third-order valence-electron chi connectivity index (χ3n) is 2.82. The van der Waals surface area contributed by atoms with Gasteiger partial charge >= 0.3 is 11.8 Å². The van der Waals surface area contributed by atoms with E-state index in [1.807, 2.05) is 12.1 Å². The van der Waals surface area contributed by atoms with Crippen LogP contribution >= 0.6 is 11.6 Å². The Balaban J connectivity index is 1.94. The highest BCUT2D eigenvalue weighted by molar-refractivity contribution is 6.40. The van der Waals surface area contributed by atoms with Gasteiger partial charge < -0.3 is 15.6 Å². The van der Waals surface area contributed by atoms with E-state index in [0.717, 1.165) is 11.3 Å². The van der Waals surface area contributed by atoms with Crippen LogP contribution in [0.2, 0.25) is 5.02 Å². The summed E-state index contributed by atoms with van der Waals surface area (Å²) in [5.74, 6) is -1.42. The molecule has 1 aromatic carbocycles. The van der Waals surface area contributed by atoms with Crippen LogP contribution in [0.25, 0.3) is 0 Å². The summed E-state index contributed by atoms with van der Waals surface area (Å²) in [7, 11) is 0. The van der Waals surface area contributed by atoms with Crippen molar-refractivity contribution in [2.24, 2.45) is 0 Å². The summed E-state index contributed by atoms with van der Waals surface area (Å²) in [6.07, 6.45) is 1.75. The smallest absolute Gasteiger partial charge is 0.313 e. The fraction of sp³-hybridized carbons (Fsp3) is 0.143. The number of benzene rings is 1. The van der Waals surface area contributed by atoms with Crippen LogP contribution in [-0.4, -0.2) is 16.8 Å². The van der Waals surface area contributed by atoms with Crippen molar-refractivity contribution in [3.8, 4) is 0 Å². The second-order valence-corrected chi connectivity index (χ2v) is 4.65. The van der Waals surface area contributed by atoms with Gasteiger partial charge in [0.05, 0.1) is 6.54 Å². The van der Waals surface area contributed by atoms with Crippen LogP contribution < -0.4 is 10.6 Å². The molecule has 0 bridgehead atoms. The van der Waals surface area contributed by atoms with E-state index >= 15 is 0 Å². The molecule has 0 atom stereocenters. The average molecular weight is 292 g/mol. The SMILES string of the molecule is Cc1c(Cl)cccc1NC(=O)C(=O)NCc1ccc[nH]1. The van der Waals surface area contributed by atoms with Gasteiger partial charge in [-0.25, -0.2) is 0 Å². The second kappa shape index (κ2) is 6.25. The van der Waals surface area contributed by atoms with Crippen LogP contribution in [0.3, 0.4) is 0 Å². The molecular weight excluding hydrogens is 278 g/mol. The molecule has 0 radical (unpaired) electrons. The quantitative estimate of drug-likeness (QED) is 0.759. The lowest BCUT2D eigenvalue weighted by Crippen LogP contribution is -2.35. The van der Waals surface area contributed by atoms with Gasteiger partial charge in [0.15, 0.2) is 0 Å². The lowest BCUT2D eigenvalue weighted by atomic mass is 10.2. The minimum Gasteiger partial charge on any atom is -0.364 e. The van der Waals surface area contributed by atoms with Crippen LogP contribution in [0.5, 0.6) is 0 Å². The molecule has 0 spiro atoms. The zero-order valence-electron chi connectivity index (χ0n) is 10.9. The number of nitrogens with one attached hydrogen (secondary N) is 3. The number of hydrogen-bond acceptors (Lipinski definition) is 2. The summed E-state index contributed by atoms with van der Waals surface area (Å²) in [5.41, 5.74) is 2.07. The van der Waals surface area contributed by atoms with Gasteiger partial charge in [-0.1, -0.05) is 17.7 Å². The fourth-order valence-electron chi connectivity index (χ4n) is 1.66. The van der Waals surface area contributed by atoms with E-state index in [2.05, 4.69) is 15.6 Å². The third-order valence-corrected chi connectivity index (χ3v) is 3.23. The molecule has 20 heavy (non-hydrogen) atoms. The first-order valence-corrected chi connectivity index (χ1v) is 6.42. The van der Waals surface area contributed by atoms with Crippen LogP contribution in [0.4, 0.5) is 5.69 Å². The number of anilines is 1. The van der Waals surface area contributed by atoms with Crippen molar-refractivity contribution in [3.63, 3.8) is 0 Å². The maximum Gasteiger partial charge on any atom is 0.313 e. The van der Waals surface area contributed by atoms with Crippen LogP contribution in [0.1, 0.15) is 11.3 Å². The number of halogens is 1. The molecule has 0 fully saturated rings. The topological polar surface area (TPSA) is 74.0 Å². The molecule has 0 aliphatic rings. The Bertz CT molecular complexity index is 623. The second-order valence-electron chi connectivity index (χ2n) is 4.24. The highest BCUT2D eigenvalue weighted by atomic mass is 35.5. The predicted molar refractivity (Wildman–Crippen MR) is 77.5 cm³/mol. The average Bonchev–Trinajstić information content (AvgIpc) is 2.94. The molecule has 0 saturated heterocycles. The lowest BCUT2D eigenvalue weighted by molar-refractivity contribution is -0.136. The molecule has 104 valence electrons. The molecular formula is C14H14ClN3O2. The summed E-state index contributed by atoms with van der Waals surface area (Å²) in [6, 6.07) is 8.76. The maximum absolute atomic E-state index is 11.8. The molecule has 0 aliphatic heterocycles. The van der Waals surface area contributed by atoms with Crippen molar-refractivity contribution in [2.45, 2.75) is 13.5 Å². The Hall–Kier alpha value is -2.27. The largest absolute Gasteiger partial charge is 0.364 e. The molecule has 2 amide bonds. The van der Waals surface area contributed by atoms with Crippen molar-refractivity contribution in [2.75, 3.05) is 5.32 Å². The fourth-order valence-corrected chi connectivity index (χ4v) is 1.83. The van der Waals surface area contributed by atoms with Crippen molar-refractivity contribution in [1.82, 2.24) is 10.3 Å². The van der Waals surface area contributed by atoms with E-state index in [4.69, 9.17) is 11.6 Å². The Labute approximate surface area is 121 Å².